The molecule has 0 radical (unpaired) electrons. The number of ether oxygens (including phenoxy) is 2. The van der Waals surface area contributed by atoms with Crippen molar-refractivity contribution < 1.29 is 33.8 Å². The molecule has 0 aromatic heterocycles. The fraction of sp³-hybridized carbons (Fsp3) is 0.524. The third-order valence-electron chi connectivity index (χ3n) is 4.29. The predicted octanol–water partition coefficient (Wildman–Crippen LogP) is 1.40. The third-order valence-corrected chi connectivity index (χ3v) is 4.29. The lowest BCUT2D eigenvalue weighted by Gasteiger charge is -2.31. The zero-order valence-electron chi connectivity index (χ0n) is 18.9. The number of carbonyl (C=O) groups excluding carboxylic acids is 4. The van der Waals surface area contributed by atoms with E-state index in [1.807, 2.05) is 0 Å². The van der Waals surface area contributed by atoms with Crippen molar-refractivity contribution in [3.05, 3.63) is 29.3 Å². The molecule has 10 heteroatoms. The van der Waals surface area contributed by atoms with Crippen LogP contribution in [0.3, 0.4) is 0 Å². The van der Waals surface area contributed by atoms with Gasteiger partial charge < -0.3 is 30.1 Å². The lowest BCUT2D eigenvalue weighted by molar-refractivity contribution is -0.143. The number of aromatic hydroxyl groups is 1. The van der Waals surface area contributed by atoms with Gasteiger partial charge in [-0.05, 0) is 40.2 Å². The Balaban J connectivity index is 3.15. The molecule has 0 spiro atoms. The van der Waals surface area contributed by atoms with E-state index < -0.39 is 48.1 Å². The van der Waals surface area contributed by atoms with Gasteiger partial charge in [-0.25, -0.2) is 4.79 Å². The van der Waals surface area contributed by atoms with Gasteiger partial charge in [0.05, 0.1) is 7.11 Å². The molecule has 0 heterocycles. The van der Waals surface area contributed by atoms with Crippen LogP contribution in [0.1, 0.15) is 44.9 Å². The minimum atomic E-state index is -1.26. The highest BCUT2D eigenvalue weighted by molar-refractivity contribution is 5.93. The second-order valence-electron chi connectivity index (χ2n) is 8.03. The summed E-state index contributed by atoms with van der Waals surface area (Å²) < 4.78 is 9.67. The molecule has 0 aliphatic carbocycles. The number of esters is 1. The Labute approximate surface area is 181 Å². The zero-order chi connectivity index (χ0) is 23.9. The van der Waals surface area contributed by atoms with Crippen molar-refractivity contribution in [2.24, 2.45) is 0 Å². The van der Waals surface area contributed by atoms with Crippen LogP contribution >= 0.6 is 0 Å². The number of nitrogens with one attached hydrogen (secondary N) is 2. The van der Waals surface area contributed by atoms with E-state index in [4.69, 9.17) is 4.74 Å². The first kappa shape index (κ1) is 25.7. The number of nitrogens with zero attached hydrogens (tertiary/aromatic N) is 1. The molecular weight excluding hydrogens is 406 g/mol. The van der Waals surface area contributed by atoms with E-state index in [2.05, 4.69) is 15.4 Å². The van der Waals surface area contributed by atoms with Crippen LogP contribution < -0.4 is 10.6 Å². The maximum absolute atomic E-state index is 13.0. The molecule has 31 heavy (non-hydrogen) atoms. The summed E-state index contributed by atoms with van der Waals surface area (Å²) in [5.41, 5.74) is -0.0747. The first-order valence-electron chi connectivity index (χ1n) is 9.67. The largest absolute Gasteiger partial charge is 0.507 e. The number of carbonyl (C=O) groups is 4. The Morgan fingerprint density at radius 3 is 2.35 bits per heavy atom. The highest BCUT2D eigenvalue weighted by Crippen LogP contribution is 2.31. The lowest BCUT2D eigenvalue weighted by atomic mass is 10.00. The van der Waals surface area contributed by atoms with E-state index in [-0.39, 0.29) is 11.3 Å². The number of aryl methyl sites for hydroxylation is 1. The first-order chi connectivity index (χ1) is 14.3. The molecule has 2 atom stereocenters. The number of hydrogen-bond donors (Lipinski definition) is 3. The number of phenols is 1. The van der Waals surface area contributed by atoms with Crippen molar-refractivity contribution in [2.45, 2.75) is 52.3 Å². The second-order valence-corrected chi connectivity index (χ2v) is 8.03. The van der Waals surface area contributed by atoms with E-state index >= 15 is 0 Å². The number of rotatable bonds is 7. The standard InChI is InChI=1S/C21H31N3O7/c1-12-9-8-10-14(17(12)26)16(18(27)22-11-15(25)30-7)24(6)19(28)13(2)23-20(29)31-21(3,4)5/h8-10,13,16,26H,11H2,1-7H3,(H,22,27)(H,23,29). The lowest BCUT2D eigenvalue weighted by Crippen LogP contribution is -2.50. The fourth-order valence-electron chi connectivity index (χ4n) is 2.73. The first-order valence-corrected chi connectivity index (χ1v) is 9.67. The van der Waals surface area contributed by atoms with Gasteiger partial charge in [-0.15, -0.1) is 0 Å². The van der Waals surface area contributed by atoms with Gasteiger partial charge in [-0.1, -0.05) is 18.2 Å². The van der Waals surface area contributed by atoms with E-state index in [9.17, 15) is 24.3 Å². The Kier molecular flexibility index (Phi) is 8.84. The Hall–Kier alpha value is -3.30. The number of likely N-dealkylation sites (N-methyl/N-ethyl adjacent to an activating group) is 1. The van der Waals surface area contributed by atoms with Crippen LogP contribution in [-0.4, -0.2) is 66.2 Å². The second kappa shape index (κ2) is 10.6. The summed E-state index contributed by atoms with van der Waals surface area (Å²) in [6.45, 7) is 7.75. The van der Waals surface area contributed by atoms with Crippen LogP contribution in [-0.2, 0) is 23.9 Å². The maximum atomic E-state index is 13.0. The van der Waals surface area contributed by atoms with Gasteiger partial charge in [0, 0.05) is 12.6 Å². The summed E-state index contributed by atoms with van der Waals surface area (Å²) in [4.78, 5) is 50.3. The minimum Gasteiger partial charge on any atom is -0.507 e. The van der Waals surface area contributed by atoms with Crippen LogP contribution in [0.15, 0.2) is 18.2 Å². The van der Waals surface area contributed by atoms with Gasteiger partial charge in [-0.2, -0.15) is 0 Å². The van der Waals surface area contributed by atoms with Gasteiger partial charge in [0.15, 0.2) is 0 Å². The minimum absolute atomic E-state index is 0.159. The van der Waals surface area contributed by atoms with Crippen molar-refractivity contribution in [3.8, 4) is 5.75 Å². The zero-order valence-corrected chi connectivity index (χ0v) is 18.9. The Bertz CT molecular complexity index is 833. The fourth-order valence-corrected chi connectivity index (χ4v) is 2.73. The highest BCUT2D eigenvalue weighted by Gasteiger charge is 2.34. The van der Waals surface area contributed by atoms with Crippen LogP contribution in [0.25, 0.3) is 0 Å². The smallest absolute Gasteiger partial charge is 0.408 e. The van der Waals surface area contributed by atoms with Crippen molar-refractivity contribution >= 4 is 23.9 Å². The average Bonchev–Trinajstić information content (AvgIpc) is 2.67. The van der Waals surface area contributed by atoms with Crippen molar-refractivity contribution in [1.82, 2.24) is 15.5 Å². The summed E-state index contributed by atoms with van der Waals surface area (Å²) in [6, 6.07) is 2.49. The molecule has 0 saturated heterocycles. The molecule has 2 unspecified atom stereocenters. The van der Waals surface area contributed by atoms with Crippen LogP contribution in [0.4, 0.5) is 4.79 Å². The molecule has 3 amide bonds. The number of benzene rings is 1. The summed E-state index contributed by atoms with van der Waals surface area (Å²) >= 11 is 0. The SMILES string of the molecule is COC(=O)CNC(=O)C(c1cccc(C)c1O)N(C)C(=O)C(C)NC(=O)OC(C)(C)C. The topological polar surface area (TPSA) is 134 Å². The molecule has 3 N–H and O–H groups in total. The van der Waals surface area contributed by atoms with E-state index in [0.717, 1.165) is 4.90 Å². The number of amides is 3. The van der Waals surface area contributed by atoms with Gasteiger partial charge in [-0.3, -0.25) is 14.4 Å². The quantitative estimate of drug-likeness (QED) is 0.549. The normalized spacial score (nSPS) is 12.9. The Morgan fingerprint density at radius 2 is 1.81 bits per heavy atom. The van der Waals surface area contributed by atoms with Crippen LogP contribution in [0.5, 0.6) is 5.75 Å². The Morgan fingerprint density at radius 1 is 1.19 bits per heavy atom. The molecule has 0 aliphatic heterocycles. The number of methoxy groups -OCH3 is 1. The summed E-state index contributed by atoms with van der Waals surface area (Å²) in [5, 5.41) is 15.3. The molecule has 0 fully saturated rings. The number of para-hydroxylation sites is 1. The number of alkyl carbamates (subject to hydrolysis) is 1. The van der Waals surface area contributed by atoms with Gasteiger partial charge in [0.25, 0.3) is 0 Å². The molecule has 0 saturated carbocycles. The summed E-state index contributed by atoms with van der Waals surface area (Å²) in [7, 11) is 2.54. The molecular formula is C21H31N3O7. The molecule has 0 bridgehead atoms. The monoisotopic (exact) mass is 437 g/mol. The number of hydrogen-bond acceptors (Lipinski definition) is 7. The molecule has 1 aromatic carbocycles. The summed E-state index contributed by atoms with van der Waals surface area (Å²) in [5.74, 6) is -2.14. The molecule has 0 aliphatic rings. The van der Waals surface area contributed by atoms with Crippen molar-refractivity contribution in [2.75, 3.05) is 20.7 Å². The highest BCUT2D eigenvalue weighted by atomic mass is 16.6. The van der Waals surface area contributed by atoms with Gasteiger partial charge >= 0.3 is 12.1 Å². The van der Waals surface area contributed by atoms with E-state index in [0.29, 0.717) is 5.56 Å². The summed E-state index contributed by atoms with van der Waals surface area (Å²) in [6.07, 6.45) is -0.785. The maximum Gasteiger partial charge on any atom is 0.408 e. The van der Waals surface area contributed by atoms with Gasteiger partial charge in [0.1, 0.15) is 30.0 Å². The van der Waals surface area contributed by atoms with Crippen LogP contribution in [0, 0.1) is 6.92 Å². The van der Waals surface area contributed by atoms with E-state index in [1.54, 1.807) is 39.8 Å². The molecule has 1 rings (SSSR count). The molecule has 172 valence electrons. The average molecular weight is 437 g/mol. The predicted molar refractivity (Wildman–Crippen MR) is 112 cm³/mol. The molecule has 1 aromatic rings. The van der Waals surface area contributed by atoms with E-state index in [1.165, 1.54) is 27.1 Å². The van der Waals surface area contributed by atoms with Crippen molar-refractivity contribution in [3.63, 3.8) is 0 Å². The van der Waals surface area contributed by atoms with Crippen molar-refractivity contribution in [1.29, 1.82) is 0 Å². The van der Waals surface area contributed by atoms with Gasteiger partial charge in [0.2, 0.25) is 11.8 Å². The van der Waals surface area contributed by atoms with Crippen LogP contribution in [0.2, 0.25) is 0 Å². The molecule has 10 nitrogen and oxygen atoms in total. The number of phenolic OH excluding ortho intramolecular Hbond substituents is 1. The third kappa shape index (κ3) is 7.47.